The van der Waals surface area contributed by atoms with E-state index in [-0.39, 0.29) is 6.03 Å². The molecule has 2 amide bonds. The van der Waals surface area contributed by atoms with Gasteiger partial charge in [0.05, 0.1) is 18.4 Å². The van der Waals surface area contributed by atoms with Gasteiger partial charge in [0.1, 0.15) is 0 Å². The van der Waals surface area contributed by atoms with Crippen molar-refractivity contribution in [3.05, 3.63) is 76.0 Å². The van der Waals surface area contributed by atoms with Gasteiger partial charge in [0.2, 0.25) is 0 Å². The monoisotopic (exact) mass is 404 g/mol. The molecule has 0 fully saturated rings. The second-order valence-corrected chi connectivity index (χ2v) is 6.49. The van der Waals surface area contributed by atoms with Gasteiger partial charge in [-0.25, -0.2) is 4.79 Å². The highest BCUT2D eigenvalue weighted by Gasteiger charge is 2.05. The summed E-state index contributed by atoms with van der Waals surface area (Å²) in [6, 6.07) is 14.6. The lowest BCUT2D eigenvalue weighted by atomic mass is 10.2. The molecule has 3 aromatic rings. The van der Waals surface area contributed by atoms with Gasteiger partial charge in [0.15, 0.2) is 0 Å². The predicted molar refractivity (Wildman–Crippen MR) is 99.6 cm³/mol. The lowest BCUT2D eigenvalue weighted by Crippen LogP contribution is -2.19. The summed E-state index contributed by atoms with van der Waals surface area (Å²) in [6.45, 7) is 0.633. The SMILES string of the molecule is O=C(Nc1ccc(Cl)cc1)Nc1cnn(Cc2ccc(Br)cc2)c1. The molecule has 0 saturated carbocycles. The maximum Gasteiger partial charge on any atom is 0.323 e. The van der Waals surface area contributed by atoms with Crippen molar-refractivity contribution in [3.63, 3.8) is 0 Å². The van der Waals surface area contributed by atoms with Crippen LogP contribution in [0.15, 0.2) is 65.4 Å². The van der Waals surface area contributed by atoms with Crippen molar-refractivity contribution in [2.45, 2.75) is 6.54 Å². The Morgan fingerprint density at radius 1 is 1.04 bits per heavy atom. The number of urea groups is 1. The lowest BCUT2D eigenvalue weighted by molar-refractivity contribution is 0.262. The van der Waals surface area contributed by atoms with Gasteiger partial charge in [-0.3, -0.25) is 4.68 Å². The lowest BCUT2D eigenvalue weighted by Gasteiger charge is -2.06. The van der Waals surface area contributed by atoms with Crippen LogP contribution in [0.1, 0.15) is 5.56 Å². The Morgan fingerprint density at radius 3 is 2.42 bits per heavy atom. The highest BCUT2D eigenvalue weighted by molar-refractivity contribution is 9.10. The van der Waals surface area contributed by atoms with Crippen molar-refractivity contribution >= 4 is 44.9 Å². The fourth-order valence-corrected chi connectivity index (χ4v) is 2.51. The smallest absolute Gasteiger partial charge is 0.308 e. The number of hydrogen-bond acceptors (Lipinski definition) is 2. The van der Waals surface area contributed by atoms with Gasteiger partial charge in [-0.1, -0.05) is 39.7 Å². The molecule has 0 aliphatic heterocycles. The van der Waals surface area contributed by atoms with Crippen LogP contribution >= 0.6 is 27.5 Å². The van der Waals surface area contributed by atoms with Gasteiger partial charge in [0, 0.05) is 21.4 Å². The number of aromatic nitrogens is 2. The molecule has 0 atom stereocenters. The summed E-state index contributed by atoms with van der Waals surface area (Å²) in [4.78, 5) is 12.0. The number of hydrogen-bond donors (Lipinski definition) is 2. The first-order chi connectivity index (χ1) is 11.6. The molecule has 24 heavy (non-hydrogen) atoms. The summed E-state index contributed by atoms with van der Waals surface area (Å²) in [5, 5.41) is 10.3. The van der Waals surface area contributed by atoms with Gasteiger partial charge < -0.3 is 10.6 Å². The Labute approximate surface area is 152 Å². The maximum absolute atomic E-state index is 12.0. The van der Waals surface area contributed by atoms with Crippen LogP contribution in [-0.2, 0) is 6.54 Å². The number of nitrogens with one attached hydrogen (secondary N) is 2. The Bertz CT molecular complexity index is 831. The average Bonchev–Trinajstić information content (AvgIpc) is 2.99. The fraction of sp³-hybridized carbons (Fsp3) is 0.0588. The third-order valence-electron chi connectivity index (χ3n) is 3.25. The molecule has 3 rings (SSSR count). The largest absolute Gasteiger partial charge is 0.323 e. The van der Waals surface area contributed by atoms with E-state index < -0.39 is 0 Å². The van der Waals surface area contributed by atoms with Crippen LogP contribution in [0.4, 0.5) is 16.2 Å². The average molecular weight is 406 g/mol. The molecule has 0 spiro atoms. The van der Waals surface area contributed by atoms with Crippen LogP contribution in [0, 0.1) is 0 Å². The summed E-state index contributed by atoms with van der Waals surface area (Å²) in [5.41, 5.74) is 2.41. The molecule has 2 N–H and O–H groups in total. The molecular weight excluding hydrogens is 392 g/mol. The van der Waals surface area contributed by atoms with E-state index >= 15 is 0 Å². The quantitative estimate of drug-likeness (QED) is 0.642. The molecular formula is C17H14BrClN4O. The summed E-state index contributed by atoms with van der Waals surface area (Å²) < 4.78 is 2.80. The van der Waals surface area contributed by atoms with Crippen LogP contribution in [0.25, 0.3) is 0 Å². The summed E-state index contributed by atoms with van der Waals surface area (Å²) in [5.74, 6) is 0. The molecule has 2 aromatic carbocycles. The van der Waals surface area contributed by atoms with Gasteiger partial charge in [-0.2, -0.15) is 5.10 Å². The van der Waals surface area contributed by atoms with E-state index in [0.717, 1.165) is 10.0 Å². The second-order valence-electron chi connectivity index (χ2n) is 5.14. The number of benzene rings is 2. The zero-order chi connectivity index (χ0) is 16.9. The summed E-state index contributed by atoms with van der Waals surface area (Å²) in [6.07, 6.45) is 3.39. The minimum absolute atomic E-state index is 0.333. The Kier molecular flexibility index (Phi) is 5.17. The highest BCUT2D eigenvalue weighted by Crippen LogP contribution is 2.15. The number of anilines is 2. The number of amides is 2. The third kappa shape index (κ3) is 4.59. The topological polar surface area (TPSA) is 59.0 Å². The van der Waals surface area contributed by atoms with E-state index in [1.807, 2.05) is 24.3 Å². The van der Waals surface area contributed by atoms with Crippen LogP contribution in [0.3, 0.4) is 0 Å². The Balaban J connectivity index is 1.58. The molecule has 5 nitrogen and oxygen atoms in total. The number of halogens is 2. The Hall–Kier alpha value is -2.31. The fourth-order valence-electron chi connectivity index (χ4n) is 2.12. The second kappa shape index (κ2) is 7.51. The van der Waals surface area contributed by atoms with Crippen LogP contribution in [0.2, 0.25) is 5.02 Å². The number of carbonyl (C=O) groups is 1. The molecule has 1 heterocycles. The van der Waals surface area contributed by atoms with Gasteiger partial charge in [-0.05, 0) is 42.0 Å². The number of nitrogens with zero attached hydrogens (tertiary/aromatic N) is 2. The van der Waals surface area contributed by atoms with E-state index in [0.29, 0.717) is 22.9 Å². The van der Waals surface area contributed by atoms with E-state index in [4.69, 9.17) is 11.6 Å². The standard InChI is InChI=1S/C17H14BrClN4O/c18-13-3-1-12(2-4-13)10-23-11-16(9-20-23)22-17(24)21-15-7-5-14(19)6-8-15/h1-9,11H,10H2,(H2,21,22,24). The van der Waals surface area contributed by atoms with E-state index in [1.165, 1.54) is 0 Å². The zero-order valence-electron chi connectivity index (χ0n) is 12.5. The minimum atomic E-state index is -0.333. The van der Waals surface area contributed by atoms with E-state index in [2.05, 4.69) is 31.7 Å². The van der Waals surface area contributed by atoms with E-state index in [9.17, 15) is 4.79 Å². The molecule has 122 valence electrons. The number of rotatable bonds is 4. The van der Waals surface area contributed by atoms with Gasteiger partial charge in [-0.15, -0.1) is 0 Å². The molecule has 0 bridgehead atoms. The van der Waals surface area contributed by atoms with Crippen molar-refractivity contribution in [2.24, 2.45) is 0 Å². The van der Waals surface area contributed by atoms with Crippen molar-refractivity contribution in [1.82, 2.24) is 9.78 Å². The normalized spacial score (nSPS) is 10.4. The first kappa shape index (κ1) is 16.5. The van der Waals surface area contributed by atoms with Crippen LogP contribution in [0.5, 0.6) is 0 Å². The van der Waals surface area contributed by atoms with Crippen LogP contribution < -0.4 is 10.6 Å². The molecule has 0 saturated heterocycles. The van der Waals surface area contributed by atoms with Crippen molar-refractivity contribution in [2.75, 3.05) is 10.6 Å². The molecule has 1 aromatic heterocycles. The minimum Gasteiger partial charge on any atom is -0.308 e. The first-order valence-corrected chi connectivity index (χ1v) is 8.36. The first-order valence-electron chi connectivity index (χ1n) is 7.19. The summed E-state index contributed by atoms with van der Waals surface area (Å²) >= 11 is 9.22. The molecule has 0 aliphatic rings. The van der Waals surface area contributed by atoms with Crippen molar-refractivity contribution < 1.29 is 4.79 Å². The number of carbonyl (C=O) groups excluding carboxylic acids is 1. The van der Waals surface area contributed by atoms with Crippen molar-refractivity contribution in [1.29, 1.82) is 0 Å². The van der Waals surface area contributed by atoms with Gasteiger partial charge >= 0.3 is 6.03 Å². The van der Waals surface area contributed by atoms with E-state index in [1.54, 1.807) is 41.3 Å². The van der Waals surface area contributed by atoms with Gasteiger partial charge in [0.25, 0.3) is 0 Å². The predicted octanol–water partition coefficient (Wildman–Crippen LogP) is 4.99. The zero-order valence-corrected chi connectivity index (χ0v) is 14.9. The summed E-state index contributed by atoms with van der Waals surface area (Å²) in [7, 11) is 0. The molecule has 0 aliphatic carbocycles. The Morgan fingerprint density at radius 2 is 1.71 bits per heavy atom. The maximum atomic E-state index is 12.0. The highest BCUT2D eigenvalue weighted by atomic mass is 79.9. The molecule has 0 unspecified atom stereocenters. The van der Waals surface area contributed by atoms with Crippen LogP contribution in [-0.4, -0.2) is 15.8 Å². The third-order valence-corrected chi connectivity index (χ3v) is 4.03. The molecule has 0 radical (unpaired) electrons. The van der Waals surface area contributed by atoms with Crippen molar-refractivity contribution in [3.8, 4) is 0 Å². The molecule has 7 heteroatoms.